The number of fused-ring (bicyclic) bond motifs is 14. The zero-order valence-corrected chi connectivity index (χ0v) is 41.0. The monoisotopic (exact) mass is 969 g/mol. The van der Waals surface area contributed by atoms with Crippen LogP contribution in [0.3, 0.4) is 0 Å². The van der Waals surface area contributed by atoms with Crippen LogP contribution in [0.25, 0.3) is 144 Å². The van der Waals surface area contributed by atoms with Crippen LogP contribution in [0.2, 0.25) is 0 Å². The van der Waals surface area contributed by atoms with Crippen molar-refractivity contribution in [2.45, 2.75) is 0 Å². The molecular formula is C69H43N7. The first kappa shape index (κ1) is 42.2. The molecule has 0 atom stereocenters. The molecule has 0 spiro atoms. The van der Waals surface area contributed by atoms with Gasteiger partial charge in [-0.15, -0.1) is 0 Å². The molecule has 0 fully saturated rings. The van der Waals surface area contributed by atoms with E-state index in [9.17, 15) is 0 Å². The summed E-state index contributed by atoms with van der Waals surface area (Å²) in [5.74, 6) is 1.84. The molecule has 0 bridgehead atoms. The first-order valence-corrected chi connectivity index (χ1v) is 25.8. The molecule has 354 valence electrons. The Hall–Kier alpha value is -10.4. The third kappa shape index (κ3) is 6.20. The van der Waals surface area contributed by atoms with Crippen LogP contribution in [-0.4, -0.2) is 33.2 Å². The average molecular weight is 970 g/mol. The molecule has 0 saturated heterocycles. The molecule has 0 aliphatic carbocycles. The lowest BCUT2D eigenvalue weighted by Crippen LogP contribution is -2.00. The van der Waals surface area contributed by atoms with Gasteiger partial charge in [0.25, 0.3) is 0 Å². The molecule has 76 heavy (non-hydrogen) atoms. The van der Waals surface area contributed by atoms with Crippen molar-refractivity contribution in [3.8, 4) is 56.9 Å². The Kier molecular flexibility index (Phi) is 9.20. The topological polar surface area (TPSA) is 58.4 Å². The maximum absolute atomic E-state index is 5.39. The van der Waals surface area contributed by atoms with Crippen molar-refractivity contribution in [3.05, 3.63) is 261 Å². The van der Waals surface area contributed by atoms with Crippen LogP contribution in [0.15, 0.2) is 261 Å². The molecule has 16 aromatic rings. The predicted octanol–water partition coefficient (Wildman–Crippen LogP) is 17.3. The summed E-state index contributed by atoms with van der Waals surface area (Å²) in [6.45, 7) is 0. The predicted molar refractivity (Wildman–Crippen MR) is 313 cm³/mol. The normalized spacial score (nSPS) is 11.9. The van der Waals surface area contributed by atoms with Gasteiger partial charge < -0.3 is 18.3 Å². The van der Waals surface area contributed by atoms with E-state index in [1.54, 1.807) is 0 Å². The number of benzene rings is 11. The molecule has 7 nitrogen and oxygen atoms in total. The second kappa shape index (κ2) is 16.6. The fourth-order valence-corrected chi connectivity index (χ4v) is 12.2. The quantitative estimate of drug-likeness (QED) is 0.160. The summed E-state index contributed by atoms with van der Waals surface area (Å²) in [6.07, 6.45) is 0. The van der Waals surface area contributed by atoms with Gasteiger partial charge in [0.05, 0.1) is 44.1 Å². The molecule has 16 rings (SSSR count). The number of hydrogen-bond acceptors (Lipinski definition) is 3. The molecule has 7 heteroatoms. The van der Waals surface area contributed by atoms with E-state index in [0.29, 0.717) is 17.5 Å². The fourth-order valence-electron chi connectivity index (χ4n) is 12.2. The van der Waals surface area contributed by atoms with Crippen LogP contribution in [-0.2, 0) is 0 Å². The Morgan fingerprint density at radius 3 is 1.17 bits per heavy atom. The molecule has 0 radical (unpaired) electrons. The second-order valence-electron chi connectivity index (χ2n) is 19.5. The summed E-state index contributed by atoms with van der Waals surface area (Å²) < 4.78 is 9.81. The zero-order chi connectivity index (χ0) is 49.8. The Morgan fingerprint density at radius 2 is 0.618 bits per heavy atom. The van der Waals surface area contributed by atoms with Crippen molar-refractivity contribution < 1.29 is 0 Å². The Morgan fingerprint density at radius 1 is 0.224 bits per heavy atom. The van der Waals surface area contributed by atoms with Gasteiger partial charge in [-0.25, -0.2) is 15.0 Å². The van der Waals surface area contributed by atoms with Gasteiger partial charge >= 0.3 is 0 Å². The molecule has 0 saturated carbocycles. The highest BCUT2D eigenvalue weighted by Crippen LogP contribution is 2.47. The summed E-state index contributed by atoms with van der Waals surface area (Å²) in [5.41, 5.74) is 16.1. The summed E-state index contributed by atoms with van der Waals surface area (Å²) in [5, 5.41) is 9.32. The van der Waals surface area contributed by atoms with Crippen molar-refractivity contribution in [2.24, 2.45) is 0 Å². The van der Waals surface area contributed by atoms with Crippen LogP contribution >= 0.6 is 0 Å². The molecule has 5 heterocycles. The minimum absolute atomic E-state index is 0.606. The lowest BCUT2D eigenvalue weighted by molar-refractivity contribution is 1.08. The SMILES string of the molecule is c1ccc(-c2nc(-c3ccccc3)nc(-c3cccc4c3c3c(ccc5c6ccccc6n(-c6ccccc6)c53)n4-c3ccc4c(c3)c3c(ccc5c6ccccc6n(-c6ccccc6)c53)n4-c3ccccc3)n2)cc1. The first-order chi connectivity index (χ1) is 37.7. The lowest BCUT2D eigenvalue weighted by Gasteiger charge is -2.11. The van der Waals surface area contributed by atoms with Crippen molar-refractivity contribution in [3.63, 3.8) is 0 Å². The Bertz CT molecular complexity index is 4900. The van der Waals surface area contributed by atoms with Crippen LogP contribution in [0.4, 0.5) is 0 Å². The van der Waals surface area contributed by atoms with Crippen LogP contribution in [0.5, 0.6) is 0 Å². The highest BCUT2D eigenvalue weighted by molar-refractivity contribution is 6.30. The van der Waals surface area contributed by atoms with E-state index in [4.69, 9.17) is 15.0 Å². The molecule has 0 amide bonds. The van der Waals surface area contributed by atoms with Gasteiger partial charge in [0.15, 0.2) is 17.5 Å². The minimum Gasteiger partial charge on any atom is -0.309 e. The van der Waals surface area contributed by atoms with Crippen LogP contribution in [0, 0.1) is 0 Å². The molecular weight excluding hydrogens is 927 g/mol. The van der Waals surface area contributed by atoms with Crippen molar-refractivity contribution in [1.82, 2.24) is 33.2 Å². The van der Waals surface area contributed by atoms with E-state index >= 15 is 0 Å². The third-order valence-corrected chi connectivity index (χ3v) is 15.4. The zero-order valence-electron chi connectivity index (χ0n) is 41.0. The van der Waals surface area contributed by atoms with E-state index in [-0.39, 0.29) is 0 Å². The number of hydrogen-bond donors (Lipinski definition) is 0. The number of nitrogens with zero attached hydrogens (tertiary/aromatic N) is 7. The van der Waals surface area contributed by atoms with E-state index < -0.39 is 0 Å². The maximum Gasteiger partial charge on any atom is 0.164 e. The molecule has 0 unspecified atom stereocenters. The number of rotatable bonds is 7. The summed E-state index contributed by atoms with van der Waals surface area (Å²) in [7, 11) is 0. The van der Waals surface area contributed by atoms with E-state index in [1.165, 1.54) is 38.0 Å². The van der Waals surface area contributed by atoms with Crippen molar-refractivity contribution in [1.29, 1.82) is 0 Å². The molecule has 0 aliphatic rings. The molecule has 0 N–H and O–H groups in total. The number of para-hydroxylation sites is 5. The van der Waals surface area contributed by atoms with Gasteiger partial charge in [0.2, 0.25) is 0 Å². The molecule has 5 aromatic heterocycles. The number of aromatic nitrogens is 7. The maximum atomic E-state index is 5.39. The highest BCUT2D eigenvalue weighted by Gasteiger charge is 2.27. The van der Waals surface area contributed by atoms with Gasteiger partial charge in [-0.05, 0) is 84.9 Å². The van der Waals surface area contributed by atoms with Gasteiger partial charge in [0, 0.05) is 82.5 Å². The largest absolute Gasteiger partial charge is 0.309 e. The van der Waals surface area contributed by atoms with E-state index in [1.807, 2.05) is 36.4 Å². The second-order valence-corrected chi connectivity index (χ2v) is 19.5. The first-order valence-electron chi connectivity index (χ1n) is 25.8. The summed E-state index contributed by atoms with van der Waals surface area (Å²) >= 11 is 0. The van der Waals surface area contributed by atoms with Crippen molar-refractivity contribution >= 4 is 87.2 Å². The van der Waals surface area contributed by atoms with Gasteiger partial charge in [0.1, 0.15) is 0 Å². The highest BCUT2D eigenvalue weighted by atomic mass is 15.1. The van der Waals surface area contributed by atoms with Gasteiger partial charge in [-0.1, -0.05) is 176 Å². The summed E-state index contributed by atoms with van der Waals surface area (Å²) in [6, 6.07) is 93.3. The Labute approximate surface area is 436 Å². The third-order valence-electron chi connectivity index (χ3n) is 15.4. The van der Waals surface area contributed by atoms with E-state index in [2.05, 4.69) is 243 Å². The Balaban J connectivity index is 1.07. The van der Waals surface area contributed by atoms with Crippen molar-refractivity contribution in [2.75, 3.05) is 0 Å². The average Bonchev–Trinajstić information content (AvgIpc) is 4.39. The molecule has 0 aliphatic heterocycles. The smallest absolute Gasteiger partial charge is 0.164 e. The lowest BCUT2D eigenvalue weighted by atomic mass is 10.0. The summed E-state index contributed by atoms with van der Waals surface area (Å²) in [4.78, 5) is 15.9. The minimum atomic E-state index is 0.606. The molecule has 11 aromatic carbocycles. The van der Waals surface area contributed by atoms with Gasteiger partial charge in [-0.3, -0.25) is 0 Å². The fraction of sp³-hybridized carbons (Fsp3) is 0. The standard InChI is InChI=1S/C69H43N7/c1-6-21-44(22-7-1)67-70-68(45-23-8-2-9-24-45)72-69(71-67)54-33-20-36-59-62(54)64-61(42-39-53-51-32-17-19-35-57(51)76(66(53)64)48-29-14-5-15-30-48)74(59)49-37-40-58-55(43-49)63-60(73(58)46-25-10-3-11-26-46)41-38-52-50-31-16-18-34-56(50)75(65(52)63)47-27-12-4-13-28-47/h1-43H. The van der Waals surface area contributed by atoms with Crippen LogP contribution in [0.1, 0.15) is 0 Å². The van der Waals surface area contributed by atoms with Crippen LogP contribution < -0.4 is 0 Å². The van der Waals surface area contributed by atoms with Gasteiger partial charge in [-0.2, -0.15) is 0 Å². The van der Waals surface area contributed by atoms with E-state index in [0.717, 1.165) is 88.7 Å².